The molecule has 4 nitrogen and oxygen atoms in total. The van der Waals surface area contributed by atoms with Gasteiger partial charge < -0.3 is 4.98 Å². The Morgan fingerprint density at radius 1 is 1.04 bits per heavy atom. The molecule has 3 heterocycles. The van der Waals surface area contributed by atoms with Crippen LogP contribution in [-0.2, 0) is 12.2 Å². The highest BCUT2D eigenvalue weighted by molar-refractivity contribution is 9.10. The number of nitrogens with one attached hydrogen (secondary N) is 1. The van der Waals surface area contributed by atoms with Gasteiger partial charge in [-0.1, -0.05) is 30.3 Å². The second-order valence-electron chi connectivity index (χ2n) is 5.59. The number of thioether (sulfide) groups is 1. The van der Waals surface area contributed by atoms with Crippen LogP contribution in [0.25, 0.3) is 22.5 Å². The maximum atomic E-state index is 12.3. The zero-order valence-electron chi connectivity index (χ0n) is 12.8. The fourth-order valence-corrected chi connectivity index (χ4v) is 3.97. The van der Waals surface area contributed by atoms with Gasteiger partial charge >= 0.3 is 0 Å². The lowest BCUT2D eigenvalue weighted by atomic mass is 10.1. The van der Waals surface area contributed by atoms with Crippen LogP contribution in [0.2, 0.25) is 0 Å². The molecule has 24 heavy (non-hydrogen) atoms. The van der Waals surface area contributed by atoms with Crippen LogP contribution in [0.5, 0.6) is 0 Å². The molecular formula is C18H14BrN3OS. The lowest BCUT2D eigenvalue weighted by Crippen LogP contribution is -2.21. The van der Waals surface area contributed by atoms with Crippen molar-refractivity contribution in [3.8, 4) is 22.5 Å². The highest BCUT2D eigenvalue weighted by Crippen LogP contribution is 2.25. The van der Waals surface area contributed by atoms with Gasteiger partial charge in [0.1, 0.15) is 10.4 Å². The molecule has 3 aromatic rings. The van der Waals surface area contributed by atoms with E-state index >= 15 is 0 Å². The second-order valence-corrected chi connectivity index (χ2v) is 7.51. The van der Waals surface area contributed by atoms with Crippen molar-refractivity contribution in [1.82, 2.24) is 15.0 Å². The van der Waals surface area contributed by atoms with Crippen molar-refractivity contribution in [2.75, 3.05) is 5.75 Å². The maximum Gasteiger partial charge on any atom is 0.255 e. The van der Waals surface area contributed by atoms with E-state index in [1.54, 1.807) is 11.8 Å². The number of benzene rings is 1. The molecule has 120 valence electrons. The molecule has 1 aliphatic rings. The van der Waals surface area contributed by atoms with Gasteiger partial charge in [0.25, 0.3) is 5.56 Å². The zero-order valence-corrected chi connectivity index (χ0v) is 15.2. The van der Waals surface area contributed by atoms with E-state index in [0.29, 0.717) is 5.82 Å². The summed E-state index contributed by atoms with van der Waals surface area (Å²) in [7, 11) is 0. The molecule has 0 saturated heterocycles. The summed E-state index contributed by atoms with van der Waals surface area (Å²) in [6, 6.07) is 12.0. The first-order chi connectivity index (χ1) is 11.7. The Morgan fingerprint density at radius 2 is 1.79 bits per heavy atom. The number of halogens is 1. The van der Waals surface area contributed by atoms with Gasteiger partial charge in [0.15, 0.2) is 0 Å². The molecule has 4 rings (SSSR count). The third-order valence-corrected chi connectivity index (χ3v) is 5.50. The monoisotopic (exact) mass is 399 g/mol. The third-order valence-electron chi connectivity index (χ3n) is 4.05. The number of rotatable bonds is 2. The van der Waals surface area contributed by atoms with E-state index in [2.05, 4.69) is 30.9 Å². The quantitative estimate of drug-likeness (QED) is 0.660. The van der Waals surface area contributed by atoms with Crippen molar-refractivity contribution in [2.24, 2.45) is 0 Å². The fourth-order valence-electron chi connectivity index (χ4n) is 2.75. The van der Waals surface area contributed by atoms with Gasteiger partial charge in [-0.15, -0.1) is 0 Å². The number of fused-ring (bicyclic) bond motifs is 1. The predicted octanol–water partition coefficient (Wildman–Crippen LogP) is 4.05. The van der Waals surface area contributed by atoms with Crippen LogP contribution in [0.15, 0.2) is 52.0 Å². The van der Waals surface area contributed by atoms with E-state index in [1.807, 2.05) is 42.6 Å². The maximum absolute atomic E-state index is 12.3. The summed E-state index contributed by atoms with van der Waals surface area (Å²) in [5.41, 5.74) is 4.80. The predicted molar refractivity (Wildman–Crippen MR) is 101 cm³/mol. The lowest BCUT2D eigenvalue weighted by molar-refractivity contribution is 0.938. The first-order valence-corrected chi connectivity index (χ1v) is 9.58. The van der Waals surface area contributed by atoms with Crippen LogP contribution in [0.4, 0.5) is 0 Å². The SMILES string of the molecule is O=c1[nH]c(-c2ccc(-c3ccc(Br)nc3)cc2)nc2c1CSCC2. The smallest absolute Gasteiger partial charge is 0.255 e. The Labute approximate surface area is 151 Å². The highest BCUT2D eigenvalue weighted by Gasteiger charge is 2.16. The summed E-state index contributed by atoms with van der Waals surface area (Å²) < 4.78 is 0.817. The van der Waals surface area contributed by atoms with Crippen molar-refractivity contribution in [3.05, 3.63) is 68.8 Å². The van der Waals surface area contributed by atoms with Crippen LogP contribution in [-0.4, -0.2) is 20.7 Å². The number of hydrogen-bond acceptors (Lipinski definition) is 4. The standard InChI is InChI=1S/C18H14BrN3OS/c19-16-6-5-13(9-20-16)11-1-3-12(4-2-11)17-21-15-7-8-24-10-14(15)18(23)22-17/h1-6,9H,7-8,10H2,(H,21,22,23). The minimum absolute atomic E-state index is 0.0108. The Bertz CT molecular complexity index is 936. The van der Waals surface area contributed by atoms with Crippen molar-refractivity contribution in [1.29, 1.82) is 0 Å². The molecule has 0 amide bonds. The third kappa shape index (κ3) is 3.03. The number of aryl methyl sites for hydroxylation is 1. The van der Waals surface area contributed by atoms with Crippen LogP contribution < -0.4 is 5.56 Å². The van der Waals surface area contributed by atoms with Crippen LogP contribution >= 0.6 is 27.7 Å². The Hall–Kier alpha value is -1.92. The van der Waals surface area contributed by atoms with Gasteiger partial charge in [-0.25, -0.2) is 9.97 Å². The van der Waals surface area contributed by atoms with Crippen molar-refractivity contribution >= 4 is 27.7 Å². The van der Waals surface area contributed by atoms with Gasteiger partial charge in [-0.05, 0) is 39.7 Å². The number of aromatic nitrogens is 3. The Balaban J connectivity index is 1.69. The van der Waals surface area contributed by atoms with Crippen molar-refractivity contribution in [2.45, 2.75) is 12.2 Å². The summed E-state index contributed by atoms with van der Waals surface area (Å²) in [5.74, 6) is 2.43. The van der Waals surface area contributed by atoms with Crippen LogP contribution in [0, 0.1) is 0 Å². The summed E-state index contributed by atoms with van der Waals surface area (Å²) in [6.45, 7) is 0. The van der Waals surface area contributed by atoms with E-state index in [1.165, 1.54) is 0 Å². The molecule has 0 unspecified atom stereocenters. The Kier molecular flexibility index (Phi) is 4.24. The molecule has 1 aromatic carbocycles. The van der Waals surface area contributed by atoms with Crippen molar-refractivity contribution < 1.29 is 0 Å². The van der Waals surface area contributed by atoms with E-state index in [-0.39, 0.29) is 5.56 Å². The minimum Gasteiger partial charge on any atom is -0.306 e. The summed E-state index contributed by atoms with van der Waals surface area (Å²) in [6.07, 6.45) is 2.69. The number of hydrogen-bond donors (Lipinski definition) is 1. The molecular weight excluding hydrogens is 386 g/mol. The van der Waals surface area contributed by atoms with Crippen molar-refractivity contribution in [3.63, 3.8) is 0 Å². The minimum atomic E-state index is -0.0108. The Morgan fingerprint density at radius 3 is 2.54 bits per heavy atom. The molecule has 1 N–H and O–H groups in total. The first-order valence-electron chi connectivity index (χ1n) is 7.63. The number of pyridine rings is 1. The lowest BCUT2D eigenvalue weighted by Gasteiger charge is -2.14. The topological polar surface area (TPSA) is 58.6 Å². The summed E-state index contributed by atoms with van der Waals surface area (Å²) in [4.78, 5) is 24.1. The second kappa shape index (κ2) is 6.53. The van der Waals surface area contributed by atoms with Gasteiger partial charge in [0, 0.05) is 28.6 Å². The number of nitrogens with zero attached hydrogens (tertiary/aromatic N) is 2. The van der Waals surface area contributed by atoms with E-state index in [4.69, 9.17) is 0 Å². The summed E-state index contributed by atoms with van der Waals surface area (Å²) >= 11 is 5.13. The zero-order chi connectivity index (χ0) is 16.5. The van der Waals surface area contributed by atoms with Gasteiger partial charge in [0.05, 0.1) is 5.69 Å². The van der Waals surface area contributed by atoms with Gasteiger partial charge in [-0.3, -0.25) is 4.79 Å². The fraction of sp³-hybridized carbons (Fsp3) is 0.167. The molecule has 0 radical (unpaired) electrons. The normalized spacial score (nSPS) is 13.5. The summed E-state index contributed by atoms with van der Waals surface area (Å²) in [5, 5.41) is 0. The average Bonchev–Trinajstić information content (AvgIpc) is 2.62. The van der Waals surface area contributed by atoms with E-state index < -0.39 is 0 Å². The highest BCUT2D eigenvalue weighted by atomic mass is 79.9. The molecule has 0 saturated carbocycles. The van der Waals surface area contributed by atoms with Gasteiger partial charge in [0.2, 0.25) is 0 Å². The molecule has 1 aliphatic heterocycles. The molecule has 0 bridgehead atoms. The number of aromatic amines is 1. The molecule has 0 atom stereocenters. The molecule has 2 aromatic heterocycles. The first kappa shape index (κ1) is 15.6. The molecule has 0 aliphatic carbocycles. The van der Waals surface area contributed by atoms with E-state index in [9.17, 15) is 4.79 Å². The number of H-pyrrole nitrogens is 1. The molecule has 0 fully saturated rings. The van der Waals surface area contributed by atoms with Gasteiger partial charge in [-0.2, -0.15) is 11.8 Å². The molecule has 0 spiro atoms. The average molecular weight is 400 g/mol. The largest absolute Gasteiger partial charge is 0.306 e. The molecule has 6 heteroatoms. The van der Waals surface area contributed by atoms with Crippen LogP contribution in [0.3, 0.4) is 0 Å². The van der Waals surface area contributed by atoms with Crippen LogP contribution in [0.1, 0.15) is 11.3 Å². The van der Waals surface area contributed by atoms with E-state index in [0.717, 1.165) is 50.5 Å².